The smallest absolute Gasteiger partial charge is 0.332 e. The van der Waals surface area contributed by atoms with E-state index in [-0.39, 0.29) is 12.6 Å². The lowest BCUT2D eigenvalue weighted by molar-refractivity contribution is -0.148. The molecule has 1 aliphatic carbocycles. The standard InChI is InChI=1S/C14H21NO4/c1-2-18-14(16)11-17-9-7-15(12-5-6-12)10-13-4-3-8-19-13/h3-4,8,12H,2,5-7,9-11H2,1H3. The van der Waals surface area contributed by atoms with Crippen molar-refractivity contribution in [2.24, 2.45) is 0 Å². The van der Waals surface area contributed by atoms with Gasteiger partial charge in [-0.05, 0) is 31.9 Å². The molecule has 19 heavy (non-hydrogen) atoms. The fraction of sp³-hybridized carbons (Fsp3) is 0.643. The number of rotatable bonds is 9. The van der Waals surface area contributed by atoms with Crippen LogP contribution in [-0.2, 0) is 20.8 Å². The maximum Gasteiger partial charge on any atom is 0.332 e. The summed E-state index contributed by atoms with van der Waals surface area (Å²) in [6.07, 6.45) is 4.16. The van der Waals surface area contributed by atoms with Crippen molar-refractivity contribution in [2.75, 3.05) is 26.4 Å². The Morgan fingerprint density at radius 3 is 3.00 bits per heavy atom. The topological polar surface area (TPSA) is 51.9 Å². The van der Waals surface area contributed by atoms with Crippen molar-refractivity contribution in [1.29, 1.82) is 0 Å². The van der Waals surface area contributed by atoms with Crippen LogP contribution >= 0.6 is 0 Å². The van der Waals surface area contributed by atoms with E-state index in [1.54, 1.807) is 13.2 Å². The molecule has 0 atom stereocenters. The number of carbonyl (C=O) groups is 1. The van der Waals surface area contributed by atoms with Gasteiger partial charge in [0, 0.05) is 12.6 Å². The predicted molar refractivity (Wildman–Crippen MR) is 69.6 cm³/mol. The monoisotopic (exact) mass is 267 g/mol. The number of furan rings is 1. The molecule has 0 unspecified atom stereocenters. The fourth-order valence-corrected chi connectivity index (χ4v) is 1.97. The molecule has 5 heteroatoms. The molecule has 0 aromatic carbocycles. The minimum atomic E-state index is -0.300. The van der Waals surface area contributed by atoms with Crippen molar-refractivity contribution in [2.45, 2.75) is 32.4 Å². The molecule has 1 aliphatic rings. The first kappa shape index (κ1) is 14.1. The third-order valence-corrected chi connectivity index (χ3v) is 3.05. The second-order valence-electron chi connectivity index (χ2n) is 4.64. The van der Waals surface area contributed by atoms with Crippen LogP contribution < -0.4 is 0 Å². The van der Waals surface area contributed by atoms with E-state index < -0.39 is 0 Å². The van der Waals surface area contributed by atoms with Gasteiger partial charge in [0.1, 0.15) is 12.4 Å². The molecular weight excluding hydrogens is 246 g/mol. The number of hydrogen-bond acceptors (Lipinski definition) is 5. The number of carbonyl (C=O) groups excluding carboxylic acids is 1. The lowest BCUT2D eigenvalue weighted by Gasteiger charge is -2.20. The van der Waals surface area contributed by atoms with Gasteiger partial charge in [0.25, 0.3) is 0 Å². The maximum atomic E-state index is 11.1. The largest absolute Gasteiger partial charge is 0.468 e. The minimum Gasteiger partial charge on any atom is -0.468 e. The molecule has 1 aromatic heterocycles. The first-order chi connectivity index (χ1) is 9.29. The zero-order valence-corrected chi connectivity index (χ0v) is 11.3. The summed E-state index contributed by atoms with van der Waals surface area (Å²) in [4.78, 5) is 13.5. The zero-order chi connectivity index (χ0) is 13.5. The van der Waals surface area contributed by atoms with Crippen molar-refractivity contribution in [3.8, 4) is 0 Å². The van der Waals surface area contributed by atoms with Gasteiger partial charge >= 0.3 is 5.97 Å². The van der Waals surface area contributed by atoms with Gasteiger partial charge in [0.05, 0.1) is 26.0 Å². The van der Waals surface area contributed by atoms with E-state index in [9.17, 15) is 4.79 Å². The second kappa shape index (κ2) is 7.31. The third-order valence-electron chi connectivity index (χ3n) is 3.05. The third kappa shape index (κ3) is 5.04. The molecule has 1 aromatic rings. The van der Waals surface area contributed by atoms with Gasteiger partial charge in [-0.1, -0.05) is 0 Å². The predicted octanol–water partition coefficient (Wildman–Crippen LogP) is 1.82. The second-order valence-corrected chi connectivity index (χ2v) is 4.64. The quantitative estimate of drug-likeness (QED) is 0.504. The Hall–Kier alpha value is -1.33. The molecule has 2 rings (SSSR count). The number of nitrogens with zero attached hydrogens (tertiary/aromatic N) is 1. The minimum absolute atomic E-state index is 0.0348. The Labute approximate surface area is 113 Å². The zero-order valence-electron chi connectivity index (χ0n) is 11.3. The molecule has 0 amide bonds. The van der Waals surface area contributed by atoms with Gasteiger partial charge in [-0.2, -0.15) is 0 Å². The maximum absolute atomic E-state index is 11.1. The molecule has 1 heterocycles. The summed E-state index contributed by atoms with van der Waals surface area (Å²) < 4.78 is 15.5. The van der Waals surface area contributed by atoms with Gasteiger partial charge in [-0.15, -0.1) is 0 Å². The van der Waals surface area contributed by atoms with E-state index in [4.69, 9.17) is 13.9 Å². The van der Waals surface area contributed by atoms with E-state index in [0.29, 0.717) is 19.3 Å². The van der Waals surface area contributed by atoms with Crippen molar-refractivity contribution >= 4 is 5.97 Å². The first-order valence-corrected chi connectivity index (χ1v) is 6.79. The Kier molecular flexibility index (Phi) is 5.42. The normalized spacial score (nSPS) is 14.8. The molecular formula is C14H21NO4. The highest BCUT2D eigenvalue weighted by molar-refractivity contribution is 5.70. The van der Waals surface area contributed by atoms with E-state index in [0.717, 1.165) is 18.8 Å². The SMILES string of the molecule is CCOC(=O)COCCN(Cc1ccco1)C1CC1. The Morgan fingerprint density at radius 1 is 1.53 bits per heavy atom. The van der Waals surface area contributed by atoms with Crippen LogP contribution in [0.2, 0.25) is 0 Å². The van der Waals surface area contributed by atoms with Gasteiger partial charge in [0.15, 0.2) is 0 Å². The molecule has 0 bridgehead atoms. The van der Waals surface area contributed by atoms with Gasteiger partial charge in [-0.25, -0.2) is 4.79 Å². The molecule has 0 aliphatic heterocycles. The Morgan fingerprint density at radius 2 is 2.37 bits per heavy atom. The molecule has 1 fully saturated rings. The average Bonchev–Trinajstić information content (AvgIpc) is 3.12. The molecule has 0 radical (unpaired) electrons. The van der Waals surface area contributed by atoms with Crippen LogP contribution in [0.3, 0.4) is 0 Å². The number of ether oxygens (including phenoxy) is 2. The molecule has 1 saturated carbocycles. The van der Waals surface area contributed by atoms with Crippen molar-refractivity contribution < 1.29 is 18.7 Å². The molecule has 0 saturated heterocycles. The summed E-state index contributed by atoms with van der Waals surface area (Å²) >= 11 is 0. The lowest BCUT2D eigenvalue weighted by atomic mass is 10.4. The Balaban J connectivity index is 1.65. The highest BCUT2D eigenvalue weighted by atomic mass is 16.6. The van der Waals surface area contributed by atoms with Crippen LogP contribution in [-0.4, -0.2) is 43.3 Å². The van der Waals surface area contributed by atoms with Crippen LogP contribution in [0.15, 0.2) is 22.8 Å². The molecule has 0 N–H and O–H groups in total. The molecule has 0 spiro atoms. The van der Waals surface area contributed by atoms with E-state index >= 15 is 0 Å². The number of hydrogen-bond donors (Lipinski definition) is 0. The Bertz CT molecular complexity index is 373. The van der Waals surface area contributed by atoms with Crippen LogP contribution in [0, 0.1) is 0 Å². The lowest BCUT2D eigenvalue weighted by Crippen LogP contribution is -2.30. The van der Waals surface area contributed by atoms with Crippen molar-refractivity contribution in [1.82, 2.24) is 4.90 Å². The molecule has 106 valence electrons. The van der Waals surface area contributed by atoms with Gasteiger partial charge in [0.2, 0.25) is 0 Å². The van der Waals surface area contributed by atoms with Crippen LogP contribution in [0.1, 0.15) is 25.5 Å². The average molecular weight is 267 g/mol. The number of esters is 1. The summed E-state index contributed by atoms with van der Waals surface area (Å²) in [6, 6.07) is 4.52. The van der Waals surface area contributed by atoms with E-state index in [1.165, 1.54) is 12.8 Å². The van der Waals surface area contributed by atoms with Crippen molar-refractivity contribution in [3.63, 3.8) is 0 Å². The van der Waals surface area contributed by atoms with Gasteiger partial charge in [-0.3, -0.25) is 4.90 Å². The summed E-state index contributed by atoms with van der Waals surface area (Å²) in [5.74, 6) is 0.670. The highest BCUT2D eigenvalue weighted by Gasteiger charge is 2.29. The summed E-state index contributed by atoms with van der Waals surface area (Å²) in [6.45, 7) is 4.37. The van der Waals surface area contributed by atoms with Gasteiger partial charge < -0.3 is 13.9 Å². The fourth-order valence-electron chi connectivity index (χ4n) is 1.97. The molecule has 5 nitrogen and oxygen atoms in total. The van der Waals surface area contributed by atoms with Crippen LogP contribution in [0.25, 0.3) is 0 Å². The van der Waals surface area contributed by atoms with Crippen LogP contribution in [0.4, 0.5) is 0 Å². The van der Waals surface area contributed by atoms with E-state index in [1.807, 2.05) is 12.1 Å². The summed E-state index contributed by atoms with van der Waals surface area (Å²) in [5, 5.41) is 0. The van der Waals surface area contributed by atoms with Crippen LogP contribution in [0.5, 0.6) is 0 Å². The summed E-state index contributed by atoms with van der Waals surface area (Å²) in [7, 11) is 0. The van der Waals surface area contributed by atoms with E-state index in [2.05, 4.69) is 4.90 Å². The first-order valence-electron chi connectivity index (χ1n) is 6.79. The highest BCUT2D eigenvalue weighted by Crippen LogP contribution is 2.28. The van der Waals surface area contributed by atoms with Crippen molar-refractivity contribution in [3.05, 3.63) is 24.2 Å². The summed E-state index contributed by atoms with van der Waals surface area (Å²) in [5.41, 5.74) is 0.